The minimum atomic E-state index is -4.22. The molecule has 1 atom stereocenters. The fourth-order valence-electron chi connectivity index (χ4n) is 2.64. The van der Waals surface area contributed by atoms with E-state index in [4.69, 9.17) is 0 Å². The normalized spacial score (nSPS) is 12.6. The van der Waals surface area contributed by atoms with E-state index in [-0.39, 0.29) is 13.0 Å². The van der Waals surface area contributed by atoms with Crippen molar-refractivity contribution < 1.29 is 22.0 Å². The Morgan fingerprint density at radius 1 is 1.18 bits per heavy atom. The Labute approximate surface area is 168 Å². The highest BCUT2D eigenvalue weighted by Crippen LogP contribution is 2.16. The molecule has 152 valence electrons. The summed E-state index contributed by atoms with van der Waals surface area (Å²) in [4.78, 5) is 13.6. The number of thioether (sulfide) groups is 1. The summed E-state index contributed by atoms with van der Waals surface area (Å²) in [6, 6.07) is 9.75. The molecule has 0 spiro atoms. The van der Waals surface area contributed by atoms with E-state index in [0.29, 0.717) is 11.3 Å². The smallest absolute Gasteiger partial charge is 0.244 e. The highest BCUT2D eigenvalue weighted by Gasteiger charge is 2.29. The Bertz CT molecular complexity index is 923. The van der Waals surface area contributed by atoms with Crippen LogP contribution in [0.15, 0.2) is 53.4 Å². The number of amides is 1. The van der Waals surface area contributed by atoms with Crippen molar-refractivity contribution >= 4 is 27.7 Å². The molecule has 0 aliphatic rings. The quantitative estimate of drug-likeness (QED) is 0.667. The third kappa shape index (κ3) is 6.02. The second kappa shape index (κ2) is 9.99. The van der Waals surface area contributed by atoms with Crippen molar-refractivity contribution in [2.45, 2.75) is 23.9 Å². The van der Waals surface area contributed by atoms with Crippen LogP contribution in [0.5, 0.6) is 0 Å². The average Bonchev–Trinajstić information content (AvgIpc) is 2.64. The van der Waals surface area contributed by atoms with E-state index in [1.807, 2.05) is 6.26 Å². The molecular weight excluding hydrogens is 406 g/mol. The van der Waals surface area contributed by atoms with Gasteiger partial charge < -0.3 is 4.90 Å². The molecule has 0 aromatic heterocycles. The zero-order chi connectivity index (χ0) is 20.7. The van der Waals surface area contributed by atoms with Gasteiger partial charge in [0.2, 0.25) is 15.9 Å². The Balaban J connectivity index is 2.19. The average molecular weight is 429 g/mol. The molecule has 2 rings (SSSR count). The number of benzene rings is 2. The second-order valence-electron chi connectivity index (χ2n) is 6.21. The third-order valence-corrected chi connectivity index (χ3v) is 6.17. The van der Waals surface area contributed by atoms with E-state index in [9.17, 15) is 22.0 Å². The standard InChI is InChI=1S/C19H22F2N2O3S2/c1-23(13-14-6-5-7-15(20)12-14)19(24)17(10-11-27-2)22-28(25,26)18-9-4-3-8-16(18)21/h3-9,12,17,22H,10-11,13H2,1-2H3. The van der Waals surface area contributed by atoms with E-state index < -0.39 is 38.5 Å². The van der Waals surface area contributed by atoms with Gasteiger partial charge in [0, 0.05) is 13.6 Å². The Morgan fingerprint density at radius 2 is 1.89 bits per heavy atom. The fraction of sp³-hybridized carbons (Fsp3) is 0.316. The van der Waals surface area contributed by atoms with Crippen LogP contribution in [0.4, 0.5) is 8.78 Å². The predicted octanol–water partition coefficient (Wildman–Crippen LogP) is 3.02. The number of likely N-dealkylation sites (N-methyl/N-ethyl adjacent to an activating group) is 1. The van der Waals surface area contributed by atoms with Crippen LogP contribution in [-0.4, -0.2) is 44.3 Å². The molecule has 0 saturated heterocycles. The van der Waals surface area contributed by atoms with E-state index >= 15 is 0 Å². The Kier molecular flexibility index (Phi) is 7.97. The van der Waals surface area contributed by atoms with Crippen LogP contribution in [0.1, 0.15) is 12.0 Å². The van der Waals surface area contributed by atoms with Gasteiger partial charge in [0.15, 0.2) is 0 Å². The first-order valence-electron chi connectivity index (χ1n) is 8.50. The number of halogens is 2. The predicted molar refractivity (Wildman–Crippen MR) is 106 cm³/mol. The summed E-state index contributed by atoms with van der Waals surface area (Å²) in [6.07, 6.45) is 2.07. The first-order valence-corrected chi connectivity index (χ1v) is 11.4. The first-order chi connectivity index (χ1) is 13.2. The summed E-state index contributed by atoms with van der Waals surface area (Å²) < 4.78 is 54.8. The summed E-state index contributed by atoms with van der Waals surface area (Å²) in [5.41, 5.74) is 0.580. The molecule has 0 bridgehead atoms. The molecule has 1 amide bonds. The lowest BCUT2D eigenvalue weighted by Crippen LogP contribution is -2.47. The number of hydrogen-bond donors (Lipinski definition) is 1. The van der Waals surface area contributed by atoms with Crippen LogP contribution in [0, 0.1) is 11.6 Å². The van der Waals surface area contributed by atoms with Crippen LogP contribution in [-0.2, 0) is 21.4 Å². The molecule has 28 heavy (non-hydrogen) atoms. The van der Waals surface area contributed by atoms with Crippen LogP contribution < -0.4 is 4.72 Å². The van der Waals surface area contributed by atoms with Gasteiger partial charge in [-0.25, -0.2) is 17.2 Å². The summed E-state index contributed by atoms with van der Waals surface area (Å²) in [5, 5.41) is 0. The number of nitrogens with one attached hydrogen (secondary N) is 1. The molecule has 0 heterocycles. The molecule has 2 aromatic rings. The van der Waals surface area contributed by atoms with Gasteiger partial charge >= 0.3 is 0 Å². The van der Waals surface area contributed by atoms with Gasteiger partial charge in [0.1, 0.15) is 22.6 Å². The van der Waals surface area contributed by atoms with Crippen molar-refractivity contribution in [1.29, 1.82) is 0 Å². The van der Waals surface area contributed by atoms with Crippen LogP contribution in [0.25, 0.3) is 0 Å². The lowest BCUT2D eigenvalue weighted by atomic mass is 10.1. The minimum absolute atomic E-state index is 0.119. The molecule has 2 aromatic carbocycles. The SMILES string of the molecule is CSCCC(NS(=O)(=O)c1ccccc1F)C(=O)N(C)Cc1cccc(F)c1. The van der Waals surface area contributed by atoms with Crippen molar-refractivity contribution in [3.63, 3.8) is 0 Å². The van der Waals surface area contributed by atoms with Gasteiger partial charge in [0.05, 0.1) is 0 Å². The third-order valence-electron chi connectivity index (χ3n) is 4.02. The summed E-state index contributed by atoms with van der Waals surface area (Å²) in [7, 11) is -2.71. The van der Waals surface area contributed by atoms with Gasteiger partial charge in [0.25, 0.3) is 0 Å². The zero-order valence-corrected chi connectivity index (χ0v) is 17.2. The zero-order valence-electron chi connectivity index (χ0n) is 15.6. The molecule has 0 aliphatic carbocycles. The first kappa shape index (κ1) is 22.3. The van der Waals surface area contributed by atoms with E-state index in [1.165, 1.54) is 54.0 Å². The Hall–Kier alpha value is -1.97. The molecule has 5 nitrogen and oxygen atoms in total. The fourth-order valence-corrected chi connectivity index (χ4v) is 4.41. The lowest BCUT2D eigenvalue weighted by Gasteiger charge is -2.24. The van der Waals surface area contributed by atoms with Crippen LogP contribution >= 0.6 is 11.8 Å². The van der Waals surface area contributed by atoms with E-state index in [1.54, 1.807) is 6.07 Å². The number of carbonyl (C=O) groups is 1. The topological polar surface area (TPSA) is 66.5 Å². The van der Waals surface area contributed by atoms with Crippen molar-refractivity contribution in [3.05, 3.63) is 65.7 Å². The number of hydrogen-bond acceptors (Lipinski definition) is 4. The van der Waals surface area contributed by atoms with Crippen molar-refractivity contribution in [2.24, 2.45) is 0 Å². The summed E-state index contributed by atoms with van der Waals surface area (Å²) >= 11 is 1.46. The summed E-state index contributed by atoms with van der Waals surface area (Å²) in [5.74, 6) is -1.25. The van der Waals surface area contributed by atoms with Gasteiger partial charge in [-0.15, -0.1) is 0 Å². The molecule has 0 radical (unpaired) electrons. The van der Waals surface area contributed by atoms with Crippen molar-refractivity contribution in [2.75, 3.05) is 19.1 Å². The molecule has 1 N–H and O–H groups in total. The van der Waals surface area contributed by atoms with E-state index in [2.05, 4.69) is 4.72 Å². The minimum Gasteiger partial charge on any atom is -0.340 e. The summed E-state index contributed by atoms with van der Waals surface area (Å²) in [6.45, 7) is 0.119. The molecule has 0 aliphatic heterocycles. The van der Waals surface area contributed by atoms with Crippen molar-refractivity contribution in [1.82, 2.24) is 9.62 Å². The second-order valence-corrected chi connectivity index (χ2v) is 8.88. The van der Waals surface area contributed by atoms with Gasteiger partial charge in [-0.3, -0.25) is 4.79 Å². The number of carbonyl (C=O) groups excluding carboxylic acids is 1. The molecule has 9 heteroatoms. The van der Waals surface area contributed by atoms with Gasteiger partial charge in [-0.1, -0.05) is 24.3 Å². The Morgan fingerprint density at radius 3 is 2.54 bits per heavy atom. The highest BCUT2D eigenvalue weighted by atomic mass is 32.2. The molecular formula is C19H22F2N2O3S2. The van der Waals surface area contributed by atoms with Crippen molar-refractivity contribution in [3.8, 4) is 0 Å². The van der Waals surface area contributed by atoms with Crippen LogP contribution in [0.2, 0.25) is 0 Å². The maximum atomic E-state index is 13.9. The number of rotatable bonds is 9. The molecule has 1 unspecified atom stereocenters. The van der Waals surface area contributed by atoms with Gasteiger partial charge in [-0.05, 0) is 48.3 Å². The largest absolute Gasteiger partial charge is 0.340 e. The molecule has 0 saturated carbocycles. The molecule has 0 fully saturated rings. The number of nitrogens with zero attached hydrogens (tertiary/aromatic N) is 1. The lowest BCUT2D eigenvalue weighted by molar-refractivity contribution is -0.132. The number of sulfonamides is 1. The van der Waals surface area contributed by atoms with Crippen LogP contribution in [0.3, 0.4) is 0 Å². The maximum absolute atomic E-state index is 13.9. The highest BCUT2D eigenvalue weighted by molar-refractivity contribution is 7.98. The van der Waals surface area contributed by atoms with E-state index in [0.717, 1.165) is 12.1 Å². The van der Waals surface area contributed by atoms with Gasteiger partial charge in [-0.2, -0.15) is 16.5 Å². The monoisotopic (exact) mass is 428 g/mol. The maximum Gasteiger partial charge on any atom is 0.244 e.